The van der Waals surface area contributed by atoms with E-state index < -0.39 is 0 Å². The van der Waals surface area contributed by atoms with Crippen molar-refractivity contribution in [2.24, 2.45) is 0 Å². The molecule has 0 radical (unpaired) electrons. The molecule has 0 aliphatic carbocycles. The molecule has 0 amide bonds. The van der Waals surface area contributed by atoms with E-state index in [1.165, 1.54) is 5.56 Å². The van der Waals surface area contributed by atoms with Gasteiger partial charge in [0.05, 0.1) is 11.9 Å². The molecule has 2 aromatic carbocycles. The van der Waals surface area contributed by atoms with Crippen LogP contribution < -0.4 is 0 Å². The summed E-state index contributed by atoms with van der Waals surface area (Å²) in [5, 5.41) is 14.3. The second kappa shape index (κ2) is 8.57. The van der Waals surface area contributed by atoms with Crippen molar-refractivity contribution in [2.45, 2.75) is 17.8 Å². The maximum Gasteiger partial charge on any atom is 0.196 e. The number of para-hydroxylation sites is 1. The zero-order chi connectivity index (χ0) is 21.0. The molecule has 0 aliphatic rings. The Morgan fingerprint density at radius 2 is 1.61 bits per heavy atom. The van der Waals surface area contributed by atoms with Gasteiger partial charge in [0.15, 0.2) is 11.0 Å². The van der Waals surface area contributed by atoms with Crippen LogP contribution in [0.3, 0.4) is 0 Å². The van der Waals surface area contributed by atoms with Crippen molar-refractivity contribution in [3.8, 4) is 22.8 Å². The quantitative estimate of drug-likeness (QED) is 0.354. The fourth-order valence-electron chi connectivity index (χ4n) is 3.28. The van der Waals surface area contributed by atoms with Gasteiger partial charge in [-0.05, 0) is 43.3 Å². The lowest BCUT2D eigenvalue weighted by molar-refractivity contribution is 0.880. The SMILES string of the molecule is Cc1ccc(-n2c(SCc3cnn(-c4ccccc4)c3)nnc2-c2ccncc2)cc1. The van der Waals surface area contributed by atoms with E-state index >= 15 is 0 Å². The molecule has 3 aromatic heterocycles. The molecule has 0 spiro atoms. The van der Waals surface area contributed by atoms with E-state index in [1.54, 1.807) is 24.2 Å². The Labute approximate surface area is 184 Å². The molecule has 0 atom stereocenters. The smallest absolute Gasteiger partial charge is 0.196 e. The molecule has 0 saturated carbocycles. The van der Waals surface area contributed by atoms with E-state index in [0.29, 0.717) is 0 Å². The molecule has 152 valence electrons. The van der Waals surface area contributed by atoms with Crippen LogP contribution in [0.25, 0.3) is 22.8 Å². The monoisotopic (exact) mass is 424 g/mol. The normalized spacial score (nSPS) is 11.0. The number of pyridine rings is 1. The number of hydrogen-bond donors (Lipinski definition) is 0. The van der Waals surface area contributed by atoms with Crippen LogP contribution in [0, 0.1) is 6.92 Å². The van der Waals surface area contributed by atoms with Crippen molar-refractivity contribution >= 4 is 11.8 Å². The van der Waals surface area contributed by atoms with Gasteiger partial charge in [-0.2, -0.15) is 5.10 Å². The molecule has 6 nitrogen and oxygen atoms in total. The Morgan fingerprint density at radius 1 is 0.839 bits per heavy atom. The summed E-state index contributed by atoms with van der Waals surface area (Å²) in [5.41, 5.74) is 5.39. The summed E-state index contributed by atoms with van der Waals surface area (Å²) in [5.74, 6) is 1.54. The fourth-order valence-corrected chi connectivity index (χ4v) is 4.15. The molecule has 0 aliphatic heterocycles. The van der Waals surface area contributed by atoms with Crippen molar-refractivity contribution in [1.82, 2.24) is 29.5 Å². The van der Waals surface area contributed by atoms with Crippen molar-refractivity contribution in [2.75, 3.05) is 0 Å². The highest BCUT2D eigenvalue weighted by Gasteiger charge is 2.16. The minimum atomic E-state index is 0.743. The van der Waals surface area contributed by atoms with Gasteiger partial charge in [0.25, 0.3) is 0 Å². The van der Waals surface area contributed by atoms with E-state index in [-0.39, 0.29) is 0 Å². The number of aryl methyl sites for hydroxylation is 1. The highest BCUT2D eigenvalue weighted by molar-refractivity contribution is 7.98. The highest BCUT2D eigenvalue weighted by Crippen LogP contribution is 2.29. The molecule has 31 heavy (non-hydrogen) atoms. The van der Waals surface area contributed by atoms with Crippen LogP contribution in [-0.4, -0.2) is 29.5 Å². The van der Waals surface area contributed by atoms with Crippen molar-refractivity contribution < 1.29 is 0 Å². The average Bonchev–Trinajstić information content (AvgIpc) is 3.47. The molecule has 0 saturated heterocycles. The van der Waals surface area contributed by atoms with Gasteiger partial charge in [-0.1, -0.05) is 47.7 Å². The Bertz CT molecular complexity index is 1280. The average molecular weight is 425 g/mol. The number of benzene rings is 2. The van der Waals surface area contributed by atoms with Crippen LogP contribution in [0.1, 0.15) is 11.1 Å². The van der Waals surface area contributed by atoms with Crippen LogP contribution in [0.15, 0.2) is 96.7 Å². The van der Waals surface area contributed by atoms with Gasteiger partial charge in [-0.25, -0.2) is 4.68 Å². The molecular formula is C24H20N6S. The summed E-state index contributed by atoms with van der Waals surface area (Å²) in [6, 6.07) is 22.4. The second-order valence-corrected chi connectivity index (χ2v) is 8.07. The third-order valence-electron chi connectivity index (χ3n) is 4.89. The summed E-state index contributed by atoms with van der Waals surface area (Å²) >= 11 is 1.64. The van der Waals surface area contributed by atoms with E-state index in [0.717, 1.165) is 39.2 Å². The number of aromatic nitrogens is 6. The van der Waals surface area contributed by atoms with Gasteiger partial charge < -0.3 is 0 Å². The van der Waals surface area contributed by atoms with Gasteiger partial charge in [-0.3, -0.25) is 9.55 Å². The number of thioether (sulfide) groups is 1. The van der Waals surface area contributed by atoms with Crippen LogP contribution in [0.2, 0.25) is 0 Å². The zero-order valence-electron chi connectivity index (χ0n) is 17.0. The van der Waals surface area contributed by atoms with Crippen molar-refractivity contribution in [3.05, 3.63) is 103 Å². The lowest BCUT2D eigenvalue weighted by atomic mass is 10.2. The molecule has 5 rings (SSSR count). The third kappa shape index (κ3) is 4.13. The van der Waals surface area contributed by atoms with Gasteiger partial charge in [0, 0.05) is 41.2 Å². The van der Waals surface area contributed by atoms with Crippen LogP contribution in [0.4, 0.5) is 0 Å². The van der Waals surface area contributed by atoms with Gasteiger partial charge in [-0.15, -0.1) is 10.2 Å². The maximum absolute atomic E-state index is 4.50. The van der Waals surface area contributed by atoms with Crippen LogP contribution in [0.5, 0.6) is 0 Å². The summed E-state index contributed by atoms with van der Waals surface area (Å²) in [6.07, 6.45) is 7.50. The van der Waals surface area contributed by atoms with Crippen molar-refractivity contribution in [3.63, 3.8) is 0 Å². The lowest BCUT2D eigenvalue weighted by Gasteiger charge is -2.10. The first-order chi connectivity index (χ1) is 15.3. The number of rotatable bonds is 6. The minimum Gasteiger partial charge on any atom is -0.270 e. The summed E-state index contributed by atoms with van der Waals surface area (Å²) in [6.45, 7) is 2.08. The van der Waals surface area contributed by atoms with E-state index in [2.05, 4.69) is 62.2 Å². The molecular weight excluding hydrogens is 404 g/mol. The molecule has 5 aromatic rings. The van der Waals surface area contributed by atoms with Gasteiger partial charge >= 0.3 is 0 Å². The zero-order valence-corrected chi connectivity index (χ0v) is 17.8. The van der Waals surface area contributed by atoms with Crippen molar-refractivity contribution in [1.29, 1.82) is 0 Å². The fraction of sp³-hybridized carbons (Fsp3) is 0.0833. The highest BCUT2D eigenvalue weighted by atomic mass is 32.2. The molecule has 0 fully saturated rings. The number of hydrogen-bond acceptors (Lipinski definition) is 5. The summed E-state index contributed by atoms with van der Waals surface area (Å²) < 4.78 is 3.99. The predicted molar refractivity (Wildman–Crippen MR) is 122 cm³/mol. The predicted octanol–water partition coefficient (Wildman–Crippen LogP) is 5.12. The topological polar surface area (TPSA) is 61.4 Å². The molecule has 0 N–H and O–H groups in total. The van der Waals surface area contributed by atoms with Crippen LogP contribution >= 0.6 is 11.8 Å². The van der Waals surface area contributed by atoms with E-state index in [4.69, 9.17) is 0 Å². The lowest BCUT2D eigenvalue weighted by Crippen LogP contribution is -2.00. The Balaban J connectivity index is 1.45. The van der Waals surface area contributed by atoms with Gasteiger partial charge in [0.2, 0.25) is 0 Å². The molecule has 3 heterocycles. The van der Waals surface area contributed by atoms with E-state index in [9.17, 15) is 0 Å². The molecule has 7 heteroatoms. The Morgan fingerprint density at radius 3 is 2.39 bits per heavy atom. The third-order valence-corrected chi connectivity index (χ3v) is 5.89. The van der Waals surface area contributed by atoms with Crippen LogP contribution in [-0.2, 0) is 5.75 Å². The summed E-state index contributed by atoms with van der Waals surface area (Å²) in [7, 11) is 0. The largest absolute Gasteiger partial charge is 0.270 e. The number of nitrogens with zero attached hydrogens (tertiary/aromatic N) is 6. The first-order valence-electron chi connectivity index (χ1n) is 9.92. The van der Waals surface area contributed by atoms with Gasteiger partial charge in [0.1, 0.15) is 0 Å². The molecule has 0 bridgehead atoms. The minimum absolute atomic E-state index is 0.743. The first-order valence-corrected chi connectivity index (χ1v) is 10.9. The molecule has 0 unspecified atom stereocenters. The Kier molecular flexibility index (Phi) is 5.33. The second-order valence-electron chi connectivity index (χ2n) is 7.13. The maximum atomic E-state index is 4.50. The standard InChI is InChI=1S/C24H20N6S/c1-18-7-9-22(10-8-18)30-23(20-11-13-25-14-12-20)27-28-24(30)31-17-19-15-26-29(16-19)21-5-3-2-4-6-21/h2-16H,17H2,1H3. The van der Waals surface area contributed by atoms with E-state index in [1.807, 2.05) is 53.3 Å². The Hall–Kier alpha value is -3.71. The summed E-state index contributed by atoms with van der Waals surface area (Å²) in [4.78, 5) is 4.12. The first kappa shape index (κ1) is 19.3.